The van der Waals surface area contributed by atoms with Crippen molar-refractivity contribution >= 4 is 11.9 Å². The molecule has 0 saturated carbocycles. The largest absolute Gasteiger partial charge is 0.487 e. The Bertz CT molecular complexity index is 892. The number of nitrogens with one attached hydrogen (secondary N) is 2. The molecule has 0 aromatic heterocycles. The maximum Gasteiger partial charge on any atom is 0.317 e. The normalized spacial score (nSPS) is 19.5. The Morgan fingerprint density at radius 1 is 1.07 bits per heavy atom. The van der Waals surface area contributed by atoms with E-state index in [9.17, 15) is 9.59 Å². The molecule has 1 saturated heterocycles. The molecule has 2 N–H and O–H groups in total. The van der Waals surface area contributed by atoms with Gasteiger partial charge in [-0.25, -0.2) is 4.79 Å². The van der Waals surface area contributed by atoms with Crippen LogP contribution in [0.3, 0.4) is 0 Å². The van der Waals surface area contributed by atoms with Crippen LogP contribution in [0.25, 0.3) is 0 Å². The smallest absolute Gasteiger partial charge is 0.317 e. The third kappa shape index (κ3) is 4.42. The number of para-hydroxylation sites is 1. The van der Waals surface area contributed by atoms with E-state index in [-0.39, 0.29) is 23.5 Å². The summed E-state index contributed by atoms with van der Waals surface area (Å²) < 4.78 is 6.47. The first-order chi connectivity index (χ1) is 14.6. The summed E-state index contributed by atoms with van der Waals surface area (Å²) in [6.07, 6.45) is 2.80. The van der Waals surface area contributed by atoms with Crippen molar-refractivity contribution in [3.8, 4) is 5.75 Å². The van der Waals surface area contributed by atoms with E-state index in [1.807, 2.05) is 53.4 Å². The molecule has 1 spiro atoms. The van der Waals surface area contributed by atoms with Gasteiger partial charge in [-0.05, 0) is 23.6 Å². The van der Waals surface area contributed by atoms with Crippen molar-refractivity contribution < 1.29 is 14.3 Å². The molecule has 2 heterocycles. The van der Waals surface area contributed by atoms with Gasteiger partial charge in [0.1, 0.15) is 11.4 Å². The molecule has 3 amide bonds. The lowest BCUT2D eigenvalue weighted by Gasteiger charge is -2.46. The van der Waals surface area contributed by atoms with Crippen LogP contribution in [0.15, 0.2) is 54.6 Å². The van der Waals surface area contributed by atoms with Gasteiger partial charge in [0.15, 0.2) is 0 Å². The van der Waals surface area contributed by atoms with Gasteiger partial charge in [-0.1, -0.05) is 48.5 Å². The molecule has 2 aromatic rings. The quantitative estimate of drug-likeness (QED) is 0.816. The van der Waals surface area contributed by atoms with E-state index in [1.54, 1.807) is 7.05 Å². The van der Waals surface area contributed by atoms with E-state index >= 15 is 0 Å². The van der Waals surface area contributed by atoms with Gasteiger partial charge in [0.05, 0.1) is 0 Å². The molecule has 1 fully saturated rings. The molecule has 2 aliphatic rings. The molecule has 1 atom stereocenters. The van der Waals surface area contributed by atoms with Crippen LogP contribution in [-0.2, 0) is 11.3 Å². The van der Waals surface area contributed by atoms with Crippen LogP contribution in [-0.4, -0.2) is 42.6 Å². The molecule has 6 nitrogen and oxygen atoms in total. The minimum absolute atomic E-state index is 0.0353. The third-order valence-corrected chi connectivity index (χ3v) is 6.26. The summed E-state index contributed by atoms with van der Waals surface area (Å²) in [5, 5.41) is 5.75. The lowest BCUT2D eigenvalue weighted by atomic mass is 9.76. The van der Waals surface area contributed by atoms with Crippen molar-refractivity contribution in [2.75, 3.05) is 20.1 Å². The number of hydrogen-bond acceptors (Lipinski definition) is 3. The molecule has 158 valence electrons. The van der Waals surface area contributed by atoms with E-state index in [2.05, 4.69) is 16.7 Å². The highest BCUT2D eigenvalue weighted by Gasteiger charge is 2.44. The third-order valence-electron chi connectivity index (χ3n) is 6.26. The number of urea groups is 1. The zero-order chi connectivity index (χ0) is 21.0. The molecule has 6 heteroatoms. The molecule has 30 heavy (non-hydrogen) atoms. The van der Waals surface area contributed by atoms with Crippen molar-refractivity contribution in [2.45, 2.75) is 43.7 Å². The maximum atomic E-state index is 12.6. The van der Waals surface area contributed by atoms with Gasteiger partial charge < -0.3 is 20.3 Å². The van der Waals surface area contributed by atoms with Crippen molar-refractivity contribution in [2.24, 2.45) is 0 Å². The Labute approximate surface area is 177 Å². The standard InChI is InChI=1S/C24H29N3O3/c1-25-22(28)15-19-16-24(30-21-10-6-5-9-20(19)21)11-13-27(14-12-24)23(29)26-17-18-7-3-2-4-8-18/h2-10,19H,11-17H2,1H3,(H,25,28)(H,26,29). The molecule has 0 aliphatic carbocycles. The number of carbonyl (C=O) groups is 2. The predicted octanol–water partition coefficient (Wildman–Crippen LogP) is 3.43. The Morgan fingerprint density at radius 2 is 1.77 bits per heavy atom. The van der Waals surface area contributed by atoms with Crippen LogP contribution in [0.5, 0.6) is 5.75 Å². The zero-order valence-electron chi connectivity index (χ0n) is 17.4. The van der Waals surface area contributed by atoms with Gasteiger partial charge in [-0.15, -0.1) is 0 Å². The van der Waals surface area contributed by atoms with Gasteiger partial charge in [0.2, 0.25) is 5.91 Å². The number of ether oxygens (including phenoxy) is 1. The van der Waals surface area contributed by atoms with E-state index in [0.717, 1.165) is 36.1 Å². The van der Waals surface area contributed by atoms with Crippen LogP contribution >= 0.6 is 0 Å². The minimum atomic E-state index is -0.316. The number of likely N-dealkylation sites (tertiary alicyclic amines) is 1. The molecule has 4 rings (SSSR count). The van der Waals surface area contributed by atoms with Gasteiger partial charge in [-0.2, -0.15) is 0 Å². The van der Waals surface area contributed by atoms with Crippen LogP contribution in [0.2, 0.25) is 0 Å². The Balaban J connectivity index is 1.39. The second-order valence-electron chi connectivity index (χ2n) is 8.23. The number of fused-ring (bicyclic) bond motifs is 1. The van der Waals surface area contributed by atoms with Gasteiger partial charge in [0, 0.05) is 51.9 Å². The van der Waals surface area contributed by atoms with Crippen LogP contribution in [0.1, 0.15) is 42.7 Å². The maximum absolute atomic E-state index is 12.6. The first-order valence-corrected chi connectivity index (χ1v) is 10.6. The highest BCUT2D eigenvalue weighted by atomic mass is 16.5. The average molecular weight is 408 g/mol. The summed E-state index contributed by atoms with van der Waals surface area (Å²) in [6.45, 7) is 1.82. The lowest BCUT2D eigenvalue weighted by Crippen LogP contribution is -2.53. The van der Waals surface area contributed by atoms with E-state index in [4.69, 9.17) is 4.74 Å². The van der Waals surface area contributed by atoms with Crippen LogP contribution in [0.4, 0.5) is 4.79 Å². The first-order valence-electron chi connectivity index (χ1n) is 10.6. The number of rotatable bonds is 4. The summed E-state index contributed by atoms with van der Waals surface area (Å²) in [6, 6.07) is 17.9. The summed E-state index contributed by atoms with van der Waals surface area (Å²) in [7, 11) is 1.68. The van der Waals surface area contributed by atoms with E-state index < -0.39 is 0 Å². The van der Waals surface area contributed by atoms with Crippen molar-refractivity contribution in [3.05, 3.63) is 65.7 Å². The number of piperidine rings is 1. The van der Waals surface area contributed by atoms with Crippen molar-refractivity contribution in [3.63, 3.8) is 0 Å². The highest BCUT2D eigenvalue weighted by Crippen LogP contribution is 2.46. The Kier molecular flexibility index (Phi) is 5.93. The number of nitrogens with zero attached hydrogens (tertiary/aromatic N) is 1. The van der Waals surface area contributed by atoms with Crippen LogP contribution in [0, 0.1) is 0 Å². The molecular formula is C24H29N3O3. The van der Waals surface area contributed by atoms with E-state index in [0.29, 0.717) is 26.1 Å². The number of carbonyl (C=O) groups excluding carboxylic acids is 2. The van der Waals surface area contributed by atoms with Crippen molar-refractivity contribution in [1.29, 1.82) is 0 Å². The molecular weight excluding hydrogens is 378 g/mol. The molecule has 1 unspecified atom stereocenters. The van der Waals surface area contributed by atoms with E-state index in [1.165, 1.54) is 0 Å². The molecule has 0 bridgehead atoms. The fourth-order valence-electron chi connectivity index (χ4n) is 4.56. The second-order valence-corrected chi connectivity index (χ2v) is 8.23. The molecule has 2 aliphatic heterocycles. The monoisotopic (exact) mass is 407 g/mol. The summed E-state index contributed by atoms with van der Waals surface area (Å²) in [5.74, 6) is 1.05. The Morgan fingerprint density at radius 3 is 2.50 bits per heavy atom. The number of amides is 3. The summed E-state index contributed by atoms with van der Waals surface area (Å²) >= 11 is 0. The Hall–Kier alpha value is -3.02. The van der Waals surface area contributed by atoms with Crippen molar-refractivity contribution in [1.82, 2.24) is 15.5 Å². The first kappa shape index (κ1) is 20.3. The average Bonchev–Trinajstić information content (AvgIpc) is 2.78. The van der Waals surface area contributed by atoms with Gasteiger partial charge >= 0.3 is 6.03 Å². The van der Waals surface area contributed by atoms with Gasteiger partial charge in [0.25, 0.3) is 0 Å². The second kappa shape index (κ2) is 8.78. The fourth-order valence-corrected chi connectivity index (χ4v) is 4.56. The molecule has 0 radical (unpaired) electrons. The minimum Gasteiger partial charge on any atom is -0.487 e. The molecule has 2 aromatic carbocycles. The lowest BCUT2D eigenvalue weighted by molar-refractivity contribution is -0.121. The number of benzene rings is 2. The SMILES string of the molecule is CNC(=O)CC1CC2(CCN(C(=O)NCc3ccccc3)CC2)Oc2ccccc21. The van der Waals surface area contributed by atoms with Crippen LogP contribution < -0.4 is 15.4 Å². The van der Waals surface area contributed by atoms with Gasteiger partial charge in [-0.3, -0.25) is 4.79 Å². The predicted molar refractivity (Wildman–Crippen MR) is 115 cm³/mol. The fraction of sp³-hybridized carbons (Fsp3) is 0.417. The number of hydrogen-bond donors (Lipinski definition) is 2. The summed E-state index contributed by atoms with van der Waals surface area (Å²) in [4.78, 5) is 26.6. The zero-order valence-corrected chi connectivity index (χ0v) is 17.4. The summed E-state index contributed by atoms with van der Waals surface area (Å²) in [5.41, 5.74) is 1.88. The topological polar surface area (TPSA) is 70.7 Å². The highest BCUT2D eigenvalue weighted by molar-refractivity contribution is 5.77.